The van der Waals surface area contributed by atoms with Crippen LogP contribution in [0.4, 0.5) is 0 Å². The third kappa shape index (κ3) is 6.53. The van der Waals surface area contributed by atoms with Crippen LogP contribution in [0.3, 0.4) is 0 Å². The quantitative estimate of drug-likeness (QED) is 0.459. The van der Waals surface area contributed by atoms with Crippen molar-refractivity contribution in [1.29, 1.82) is 0 Å². The first-order valence-corrected chi connectivity index (χ1v) is 8.49. The molecule has 0 spiro atoms. The lowest BCUT2D eigenvalue weighted by Crippen LogP contribution is -2.37. The van der Waals surface area contributed by atoms with E-state index < -0.39 is 24.1 Å². The predicted octanol–water partition coefficient (Wildman–Crippen LogP) is 3.32. The summed E-state index contributed by atoms with van der Waals surface area (Å²) in [4.78, 5) is 11.6. The molecule has 0 aliphatic carbocycles. The van der Waals surface area contributed by atoms with Crippen LogP contribution in [0.25, 0.3) is 6.08 Å². The zero-order valence-corrected chi connectivity index (χ0v) is 15.2. The van der Waals surface area contributed by atoms with E-state index in [1.807, 2.05) is 13.0 Å². The van der Waals surface area contributed by atoms with E-state index in [2.05, 4.69) is 6.58 Å². The Morgan fingerprint density at radius 1 is 1.40 bits per heavy atom. The summed E-state index contributed by atoms with van der Waals surface area (Å²) in [5, 5.41) is 30.1. The summed E-state index contributed by atoms with van der Waals surface area (Å²) in [7, 11) is 0. The van der Waals surface area contributed by atoms with Crippen molar-refractivity contribution in [3.05, 3.63) is 47.0 Å². The first-order valence-electron chi connectivity index (χ1n) is 8.11. The average Bonchev–Trinajstić information content (AvgIpc) is 2.56. The van der Waals surface area contributed by atoms with Crippen molar-refractivity contribution in [2.75, 3.05) is 6.61 Å². The standard InChI is InChI=1S/C19H25ClO5/c1-4-15(18(23)19(24)25-5-2)17(22)9-6-12(3)10-13-7-8-14(21)11-16(13)20/h4,7-8,10-11,15,17-18,21-23H,1,5-6,9H2,2-3H3/b12-10+/t15-,17-,18+/m1/s1. The second-order valence-electron chi connectivity index (χ2n) is 5.81. The van der Waals surface area contributed by atoms with E-state index in [0.29, 0.717) is 17.9 Å². The lowest BCUT2D eigenvalue weighted by atomic mass is 9.91. The lowest BCUT2D eigenvalue weighted by molar-refractivity contribution is -0.157. The van der Waals surface area contributed by atoms with Gasteiger partial charge in [-0.2, -0.15) is 0 Å². The minimum absolute atomic E-state index is 0.0944. The van der Waals surface area contributed by atoms with Gasteiger partial charge in [0.2, 0.25) is 0 Å². The molecule has 1 aromatic carbocycles. The second-order valence-corrected chi connectivity index (χ2v) is 6.22. The van der Waals surface area contributed by atoms with Gasteiger partial charge in [0.05, 0.1) is 17.7 Å². The fraction of sp³-hybridized carbons (Fsp3) is 0.421. The maximum atomic E-state index is 11.6. The average molecular weight is 369 g/mol. The molecule has 0 heterocycles. The molecular weight excluding hydrogens is 344 g/mol. The number of carbonyl (C=O) groups excluding carboxylic acids is 1. The smallest absolute Gasteiger partial charge is 0.335 e. The maximum absolute atomic E-state index is 11.6. The molecule has 0 radical (unpaired) electrons. The zero-order chi connectivity index (χ0) is 19.0. The van der Waals surface area contributed by atoms with Crippen LogP contribution in [0.15, 0.2) is 36.4 Å². The second kappa shape index (κ2) is 10.2. The van der Waals surface area contributed by atoms with Gasteiger partial charge in [-0.3, -0.25) is 0 Å². The van der Waals surface area contributed by atoms with Crippen molar-refractivity contribution in [3.63, 3.8) is 0 Å². The summed E-state index contributed by atoms with van der Waals surface area (Å²) in [6.45, 7) is 7.27. The number of hydrogen-bond acceptors (Lipinski definition) is 5. The molecule has 0 aromatic heterocycles. The molecular formula is C19H25ClO5. The van der Waals surface area contributed by atoms with Gasteiger partial charge in [0.25, 0.3) is 0 Å². The lowest BCUT2D eigenvalue weighted by Gasteiger charge is -2.23. The van der Waals surface area contributed by atoms with E-state index in [1.54, 1.807) is 19.1 Å². The van der Waals surface area contributed by atoms with Crippen molar-refractivity contribution in [2.45, 2.75) is 38.9 Å². The van der Waals surface area contributed by atoms with Crippen LogP contribution in [-0.2, 0) is 9.53 Å². The molecule has 138 valence electrons. The van der Waals surface area contributed by atoms with Crippen molar-refractivity contribution >= 4 is 23.6 Å². The summed E-state index contributed by atoms with van der Waals surface area (Å²) in [6, 6.07) is 4.71. The summed E-state index contributed by atoms with van der Waals surface area (Å²) in [5.41, 5.74) is 1.72. The maximum Gasteiger partial charge on any atom is 0.335 e. The molecule has 0 aliphatic heterocycles. The molecule has 0 fully saturated rings. The molecule has 25 heavy (non-hydrogen) atoms. The van der Waals surface area contributed by atoms with Gasteiger partial charge in [0.15, 0.2) is 6.10 Å². The Morgan fingerprint density at radius 2 is 2.08 bits per heavy atom. The van der Waals surface area contributed by atoms with E-state index in [1.165, 1.54) is 12.1 Å². The molecule has 0 saturated carbocycles. The van der Waals surface area contributed by atoms with Crippen LogP contribution in [0.1, 0.15) is 32.3 Å². The largest absolute Gasteiger partial charge is 0.508 e. The number of esters is 1. The molecule has 0 amide bonds. The Hall–Kier alpha value is -1.82. The Morgan fingerprint density at radius 3 is 2.64 bits per heavy atom. The first-order chi connectivity index (χ1) is 11.8. The highest BCUT2D eigenvalue weighted by Gasteiger charge is 2.30. The van der Waals surface area contributed by atoms with Gasteiger partial charge >= 0.3 is 5.97 Å². The fourth-order valence-electron chi connectivity index (χ4n) is 2.42. The van der Waals surface area contributed by atoms with Crippen LogP contribution in [0, 0.1) is 5.92 Å². The van der Waals surface area contributed by atoms with Crippen LogP contribution in [0.2, 0.25) is 5.02 Å². The molecule has 0 saturated heterocycles. The molecule has 6 heteroatoms. The number of ether oxygens (including phenoxy) is 1. The molecule has 1 rings (SSSR count). The summed E-state index contributed by atoms with van der Waals surface area (Å²) in [5.74, 6) is -1.48. The summed E-state index contributed by atoms with van der Waals surface area (Å²) in [6.07, 6.45) is 1.73. The molecule has 0 aliphatic rings. The van der Waals surface area contributed by atoms with E-state index in [9.17, 15) is 20.1 Å². The van der Waals surface area contributed by atoms with E-state index >= 15 is 0 Å². The number of aliphatic hydroxyl groups excluding tert-OH is 2. The molecule has 0 unspecified atom stereocenters. The molecule has 5 nitrogen and oxygen atoms in total. The van der Waals surface area contributed by atoms with Crippen LogP contribution >= 0.6 is 11.6 Å². The van der Waals surface area contributed by atoms with Gasteiger partial charge in [-0.05, 0) is 50.5 Å². The SMILES string of the molecule is C=C[C@H]([C@H](O)CC/C(C)=C/c1ccc(O)cc1Cl)[C@H](O)C(=O)OCC. The number of carbonyl (C=O) groups is 1. The number of allylic oxidation sites excluding steroid dienone is 1. The van der Waals surface area contributed by atoms with Crippen LogP contribution in [0.5, 0.6) is 5.75 Å². The van der Waals surface area contributed by atoms with Gasteiger partial charge in [-0.1, -0.05) is 29.3 Å². The highest BCUT2D eigenvalue weighted by atomic mass is 35.5. The van der Waals surface area contributed by atoms with Gasteiger partial charge in [0, 0.05) is 5.92 Å². The minimum atomic E-state index is -1.44. The van der Waals surface area contributed by atoms with Crippen molar-refractivity contribution in [1.82, 2.24) is 0 Å². The third-order valence-corrected chi connectivity index (χ3v) is 4.16. The Balaban J connectivity index is 2.69. The number of phenols is 1. The van der Waals surface area contributed by atoms with Crippen molar-refractivity contribution < 1.29 is 24.9 Å². The first kappa shape index (κ1) is 21.2. The minimum Gasteiger partial charge on any atom is -0.508 e. The molecule has 1 aromatic rings. The van der Waals surface area contributed by atoms with E-state index in [0.717, 1.165) is 11.1 Å². The Kier molecular flexibility index (Phi) is 8.69. The number of phenolic OH excluding ortho intramolecular Hbond substituents is 1. The van der Waals surface area contributed by atoms with E-state index in [-0.39, 0.29) is 12.4 Å². The highest BCUT2D eigenvalue weighted by Crippen LogP contribution is 2.25. The number of aromatic hydroxyl groups is 1. The normalized spacial score (nSPS) is 15.3. The topological polar surface area (TPSA) is 87.0 Å². The zero-order valence-electron chi connectivity index (χ0n) is 14.5. The third-order valence-electron chi connectivity index (χ3n) is 3.83. The number of rotatable bonds is 9. The molecule has 0 bridgehead atoms. The highest BCUT2D eigenvalue weighted by molar-refractivity contribution is 6.32. The number of hydrogen-bond donors (Lipinski definition) is 3. The number of aliphatic hydroxyl groups is 2. The summed E-state index contributed by atoms with van der Waals surface area (Å²) >= 11 is 6.06. The number of halogens is 1. The van der Waals surface area contributed by atoms with Crippen molar-refractivity contribution in [2.24, 2.45) is 5.92 Å². The molecule has 3 atom stereocenters. The fourth-order valence-corrected chi connectivity index (χ4v) is 2.65. The van der Waals surface area contributed by atoms with Gasteiger partial charge < -0.3 is 20.1 Å². The summed E-state index contributed by atoms with van der Waals surface area (Å²) < 4.78 is 4.77. The van der Waals surface area contributed by atoms with E-state index in [4.69, 9.17) is 16.3 Å². The Labute approximate surface area is 153 Å². The number of benzene rings is 1. The predicted molar refractivity (Wildman–Crippen MR) is 98.3 cm³/mol. The monoisotopic (exact) mass is 368 g/mol. The van der Waals surface area contributed by atoms with Crippen LogP contribution < -0.4 is 0 Å². The Bertz CT molecular complexity index is 626. The van der Waals surface area contributed by atoms with Gasteiger partial charge in [0.1, 0.15) is 5.75 Å². The van der Waals surface area contributed by atoms with Crippen molar-refractivity contribution in [3.8, 4) is 5.75 Å². The van der Waals surface area contributed by atoms with Gasteiger partial charge in [-0.15, -0.1) is 6.58 Å². The van der Waals surface area contributed by atoms with Gasteiger partial charge in [-0.25, -0.2) is 4.79 Å². The van der Waals surface area contributed by atoms with Crippen LogP contribution in [-0.4, -0.2) is 40.1 Å². The molecule has 3 N–H and O–H groups in total.